The second-order valence-electron chi connectivity index (χ2n) is 38.7. The number of para-hydroxylation sites is 9. The molecule has 0 atom stereocenters. The molecule has 0 amide bonds. The van der Waals surface area contributed by atoms with E-state index in [0.717, 1.165) is 111 Å². The zero-order chi connectivity index (χ0) is 96.0. The minimum absolute atomic E-state index is 0.901. The third-order valence-corrected chi connectivity index (χ3v) is 43.8. The lowest BCUT2D eigenvalue weighted by Crippen LogP contribution is -2.74. The molecule has 0 bridgehead atoms. The zero-order valence-corrected chi connectivity index (χ0v) is 82.6. The summed E-state index contributed by atoms with van der Waals surface area (Å²) < 4.78 is 35.8. The van der Waals surface area contributed by atoms with Crippen molar-refractivity contribution < 1.29 is 17.7 Å². The van der Waals surface area contributed by atoms with Gasteiger partial charge in [0.1, 0.15) is 52.7 Å². The zero-order valence-electron chi connectivity index (χ0n) is 79.6. The summed E-state index contributed by atoms with van der Waals surface area (Å²) in [5.74, 6) is 0. The first-order valence-corrected chi connectivity index (χ1v) is 56.8. The standard InChI is InChI=1S/C50H34N2O2Si.2C42H29NOSi/c1-55(2,33-21-25-49-41(29-33)39-27-31(19-23-47(39)53-49)51-43-15-7-3-11-35(43)36-12-4-8-16-44(36)51)34-22-26-50-42(30-34)40-28-32(20-24-48(40)54-50)52-45-17-9-5-13-37(45)38-14-6-10-18-46(38)52;1-4-15-31(16-5-1)45(32-17-6-2-7-18-32,33-19-8-3-9-20-33)41-26-14-23-36-37-29-30(27-28-40(37)44-42(36)41)43-38-24-12-10-21-34(38)35-22-11-13-25-39(35)43;1-4-14-31(15-5-1)45(32-16-6-2-7-17-32,33-18-8-3-9-19-33)34-25-27-42-38(29-34)37-28-30(24-26-41(37)44-42)43-39-22-12-10-20-35(39)36-21-11-13-23-40(36)43/h3-30H,1-2H3;2*1-29H. The molecule has 0 unspecified atom stereocenters. The van der Waals surface area contributed by atoms with Crippen LogP contribution in [0.3, 0.4) is 0 Å². The maximum atomic E-state index is 6.93. The van der Waals surface area contributed by atoms with Crippen molar-refractivity contribution >= 4 is 251 Å². The maximum Gasteiger partial charge on any atom is 0.184 e. The van der Waals surface area contributed by atoms with Crippen molar-refractivity contribution in [2.45, 2.75) is 13.1 Å². The number of hydrogen-bond donors (Lipinski definition) is 0. The van der Waals surface area contributed by atoms with Gasteiger partial charge in [0.05, 0.1) is 44.1 Å². The third kappa shape index (κ3) is 13.5. The molecule has 684 valence electrons. The molecule has 11 heteroatoms. The number of furan rings is 4. The van der Waals surface area contributed by atoms with Crippen molar-refractivity contribution in [1.82, 2.24) is 18.3 Å². The Bertz CT molecular complexity index is 9580. The van der Waals surface area contributed by atoms with Crippen molar-refractivity contribution in [2.75, 3.05) is 0 Å². The Hall–Kier alpha value is -18.1. The van der Waals surface area contributed by atoms with Crippen LogP contribution in [0.15, 0.2) is 539 Å². The highest BCUT2D eigenvalue weighted by Crippen LogP contribution is 2.43. The monoisotopic (exact) mass is 1900 g/mol. The highest BCUT2D eigenvalue weighted by atomic mass is 28.3. The van der Waals surface area contributed by atoms with E-state index in [9.17, 15) is 0 Å². The molecule has 30 rings (SSSR count). The second kappa shape index (κ2) is 34.1. The van der Waals surface area contributed by atoms with E-state index in [1.807, 2.05) is 0 Å². The number of hydrogen-bond acceptors (Lipinski definition) is 4. The van der Waals surface area contributed by atoms with Crippen LogP contribution < -0.4 is 51.9 Å². The summed E-state index contributed by atoms with van der Waals surface area (Å²) in [7, 11) is -7.61. The van der Waals surface area contributed by atoms with Crippen molar-refractivity contribution in [3.8, 4) is 22.7 Å². The largest absolute Gasteiger partial charge is 0.456 e. The molecule has 0 aliphatic heterocycles. The quantitative estimate of drug-likeness (QED) is 0.0803. The summed E-state index contributed by atoms with van der Waals surface area (Å²) in [6.45, 7) is 4.90. The maximum absolute atomic E-state index is 6.93. The lowest BCUT2D eigenvalue weighted by Gasteiger charge is -2.34. The molecular formula is C134H92N4O4Si3. The molecule has 0 aliphatic carbocycles. The van der Waals surface area contributed by atoms with Gasteiger partial charge >= 0.3 is 0 Å². The first kappa shape index (κ1) is 84.9. The van der Waals surface area contributed by atoms with E-state index in [1.165, 1.54) is 139 Å². The molecule has 8 aromatic heterocycles. The summed E-state index contributed by atoms with van der Waals surface area (Å²) in [4.78, 5) is 0. The van der Waals surface area contributed by atoms with Gasteiger partial charge in [0.15, 0.2) is 16.1 Å². The molecule has 0 radical (unpaired) electrons. The fourth-order valence-electron chi connectivity index (χ4n) is 24.0. The van der Waals surface area contributed by atoms with Gasteiger partial charge in [0.2, 0.25) is 0 Å². The van der Waals surface area contributed by atoms with E-state index >= 15 is 0 Å². The molecule has 0 fully saturated rings. The summed E-state index contributed by atoms with van der Waals surface area (Å²) in [6, 6.07) is 190. The number of aromatic nitrogens is 4. The molecule has 22 aromatic carbocycles. The highest BCUT2D eigenvalue weighted by molar-refractivity contribution is 7.21. The number of fused-ring (bicyclic) bond motifs is 24. The molecule has 0 saturated carbocycles. The molecule has 8 heterocycles. The molecule has 0 N–H and O–H groups in total. The third-order valence-electron chi connectivity index (χ3n) is 30.7. The molecule has 30 aromatic rings. The van der Waals surface area contributed by atoms with E-state index < -0.39 is 24.2 Å². The lowest BCUT2D eigenvalue weighted by molar-refractivity contribution is 0.668. The van der Waals surface area contributed by atoms with Gasteiger partial charge in [-0.05, 0) is 181 Å². The fourth-order valence-corrected chi connectivity index (χ4v) is 36.0. The summed E-state index contributed by atoms with van der Waals surface area (Å²) >= 11 is 0. The normalized spacial score (nSPS) is 12.2. The average molecular weight is 1910 g/mol. The van der Waals surface area contributed by atoms with Crippen molar-refractivity contribution in [3.05, 3.63) is 522 Å². The van der Waals surface area contributed by atoms with E-state index in [0.29, 0.717) is 0 Å². The Morgan fingerprint density at radius 2 is 0.345 bits per heavy atom. The topological polar surface area (TPSA) is 72.3 Å². The molecule has 8 nitrogen and oxygen atoms in total. The summed E-state index contributed by atoms with van der Waals surface area (Å²) in [6.07, 6.45) is 0. The first-order valence-electron chi connectivity index (χ1n) is 49.8. The lowest BCUT2D eigenvalue weighted by atomic mass is 10.1. The predicted molar refractivity (Wildman–Crippen MR) is 616 cm³/mol. The average Bonchev–Trinajstić information content (AvgIpc) is 1.61. The van der Waals surface area contributed by atoms with Gasteiger partial charge in [0.25, 0.3) is 0 Å². The SMILES string of the molecule is C[Si](C)(c1ccc2oc3ccc(-n4c5ccccc5c5ccccc54)cc3c2c1)c1ccc2oc3ccc(-n4c5ccccc5c5ccccc54)cc3c2c1.c1ccc([Si](c2ccccc2)(c2ccccc2)c2ccc3oc4ccc(-n5c6ccccc6c6ccccc65)cc4c3c2)cc1.c1ccc([Si](c2ccccc2)(c2ccccc2)c2cccc3c2oc2ccc(-n4c5ccccc5c5ccccc54)cc23)cc1. The van der Waals surface area contributed by atoms with Crippen molar-refractivity contribution in [2.24, 2.45) is 0 Å². The Labute approximate surface area is 838 Å². The van der Waals surface area contributed by atoms with Crippen LogP contribution in [0.2, 0.25) is 13.1 Å². The molecular weight excluding hydrogens is 1810 g/mol. The minimum atomic E-state index is -2.77. The van der Waals surface area contributed by atoms with Gasteiger partial charge in [-0.1, -0.05) is 406 Å². The summed E-state index contributed by atoms with van der Waals surface area (Å²) in [5.41, 5.74) is 21.5. The van der Waals surface area contributed by atoms with Crippen LogP contribution in [0.25, 0.3) is 198 Å². The first-order chi connectivity index (χ1) is 71.7. The Balaban J connectivity index is 0.000000106. The molecule has 0 aliphatic rings. The highest BCUT2D eigenvalue weighted by Gasteiger charge is 2.45. The van der Waals surface area contributed by atoms with Gasteiger partial charge in [-0.3, -0.25) is 0 Å². The van der Waals surface area contributed by atoms with Crippen LogP contribution in [0.1, 0.15) is 0 Å². The predicted octanol–water partition coefficient (Wildman–Crippen LogP) is 28.6. The van der Waals surface area contributed by atoms with Gasteiger partial charge < -0.3 is 35.9 Å². The summed E-state index contributed by atoms with van der Waals surface area (Å²) in [5, 5.41) is 32.6. The van der Waals surface area contributed by atoms with Gasteiger partial charge in [-0.2, -0.15) is 0 Å². The van der Waals surface area contributed by atoms with Crippen LogP contribution in [0.4, 0.5) is 0 Å². The van der Waals surface area contributed by atoms with Gasteiger partial charge in [0, 0.05) is 109 Å². The van der Waals surface area contributed by atoms with E-state index in [-0.39, 0.29) is 0 Å². The molecule has 145 heavy (non-hydrogen) atoms. The smallest absolute Gasteiger partial charge is 0.184 e. The number of benzene rings is 22. The Kier molecular flexibility index (Phi) is 20.0. The van der Waals surface area contributed by atoms with Crippen molar-refractivity contribution in [3.63, 3.8) is 0 Å². The molecule has 0 saturated heterocycles. The van der Waals surface area contributed by atoms with Gasteiger partial charge in [-0.15, -0.1) is 0 Å². The number of rotatable bonds is 14. The van der Waals surface area contributed by atoms with Crippen LogP contribution in [-0.4, -0.2) is 42.5 Å². The van der Waals surface area contributed by atoms with E-state index in [1.54, 1.807) is 0 Å². The molecule has 0 spiro atoms. The Morgan fingerprint density at radius 3 is 0.614 bits per heavy atom. The fraction of sp³-hybridized carbons (Fsp3) is 0.0149. The van der Waals surface area contributed by atoms with E-state index in [2.05, 4.69) is 553 Å². The van der Waals surface area contributed by atoms with Crippen molar-refractivity contribution in [1.29, 1.82) is 0 Å². The van der Waals surface area contributed by atoms with Crippen LogP contribution in [0, 0.1) is 0 Å². The number of nitrogens with zero attached hydrogens (tertiary/aromatic N) is 4. The minimum Gasteiger partial charge on any atom is -0.456 e. The van der Waals surface area contributed by atoms with Crippen LogP contribution >= 0.6 is 0 Å². The second-order valence-corrected chi connectivity index (χ2v) is 50.7. The van der Waals surface area contributed by atoms with Crippen LogP contribution in [0.5, 0.6) is 0 Å². The van der Waals surface area contributed by atoms with Crippen LogP contribution in [-0.2, 0) is 0 Å². The van der Waals surface area contributed by atoms with E-state index in [4.69, 9.17) is 17.7 Å². The van der Waals surface area contributed by atoms with Gasteiger partial charge in [-0.25, -0.2) is 0 Å². The Morgan fingerprint density at radius 1 is 0.145 bits per heavy atom.